The summed E-state index contributed by atoms with van der Waals surface area (Å²) in [6, 6.07) is 25.9. The zero-order valence-corrected chi connectivity index (χ0v) is 16.4. The van der Waals surface area contributed by atoms with Crippen LogP contribution in [0.2, 0.25) is 0 Å². The van der Waals surface area contributed by atoms with Gasteiger partial charge in [0, 0.05) is 0 Å². The summed E-state index contributed by atoms with van der Waals surface area (Å²) in [4.78, 5) is 19.8. The number of aromatic nitrogens is 1. The van der Waals surface area contributed by atoms with E-state index in [0.29, 0.717) is 18.1 Å². The van der Waals surface area contributed by atoms with Crippen molar-refractivity contribution in [2.45, 2.75) is 13.0 Å². The number of rotatable bonds is 5. The SMILES string of the molecule is O=C(Cc1cccc2ccccc12)N(Cc1ccco1)c1nc2ccccc2s1. The highest BCUT2D eigenvalue weighted by Gasteiger charge is 2.22. The summed E-state index contributed by atoms with van der Waals surface area (Å²) in [5, 5.41) is 2.92. The van der Waals surface area contributed by atoms with Crippen molar-refractivity contribution in [1.82, 2.24) is 4.98 Å². The van der Waals surface area contributed by atoms with Crippen LogP contribution in [-0.2, 0) is 17.8 Å². The smallest absolute Gasteiger partial charge is 0.233 e. The van der Waals surface area contributed by atoms with Crippen LogP contribution < -0.4 is 4.90 Å². The van der Waals surface area contributed by atoms with Crippen LogP contribution in [0.25, 0.3) is 21.0 Å². The Kier molecular flexibility index (Phi) is 4.58. The van der Waals surface area contributed by atoms with Crippen molar-refractivity contribution in [3.8, 4) is 0 Å². The molecule has 0 spiro atoms. The molecule has 0 aliphatic heterocycles. The number of nitrogens with zero attached hydrogens (tertiary/aromatic N) is 2. The molecule has 0 aliphatic carbocycles. The van der Waals surface area contributed by atoms with E-state index in [-0.39, 0.29) is 5.91 Å². The molecule has 2 aromatic heterocycles. The monoisotopic (exact) mass is 398 g/mol. The third-order valence-electron chi connectivity index (χ3n) is 4.93. The van der Waals surface area contributed by atoms with Crippen molar-refractivity contribution in [2.75, 3.05) is 4.90 Å². The molecule has 29 heavy (non-hydrogen) atoms. The second-order valence-electron chi connectivity index (χ2n) is 6.84. The molecule has 142 valence electrons. The number of amides is 1. The molecule has 2 heterocycles. The molecule has 0 N–H and O–H groups in total. The molecule has 0 saturated carbocycles. The fourth-order valence-corrected chi connectivity index (χ4v) is 4.48. The van der Waals surface area contributed by atoms with E-state index in [2.05, 4.69) is 18.2 Å². The lowest BCUT2D eigenvalue weighted by Gasteiger charge is -2.19. The second kappa shape index (κ2) is 7.53. The standard InChI is InChI=1S/C24H18N2O2S/c27-23(15-18-9-5-8-17-7-1-2-11-20(17)18)26(16-19-10-6-14-28-19)24-25-21-12-3-4-13-22(21)29-24/h1-14H,15-16H2. The molecule has 0 radical (unpaired) electrons. The Labute approximate surface area is 172 Å². The molecule has 5 aromatic rings. The molecule has 0 unspecified atom stereocenters. The first kappa shape index (κ1) is 17.6. The van der Waals surface area contributed by atoms with Gasteiger partial charge in [-0.3, -0.25) is 9.69 Å². The van der Waals surface area contributed by atoms with Crippen molar-refractivity contribution in [2.24, 2.45) is 0 Å². The Hall–Kier alpha value is -3.44. The molecule has 5 rings (SSSR count). The van der Waals surface area contributed by atoms with E-state index in [0.717, 1.165) is 32.3 Å². The molecule has 0 fully saturated rings. The van der Waals surface area contributed by atoms with Crippen LogP contribution in [-0.4, -0.2) is 10.9 Å². The van der Waals surface area contributed by atoms with Gasteiger partial charge in [0.25, 0.3) is 0 Å². The number of carbonyl (C=O) groups excluding carboxylic acids is 1. The van der Waals surface area contributed by atoms with Crippen molar-refractivity contribution in [1.29, 1.82) is 0 Å². The van der Waals surface area contributed by atoms with Gasteiger partial charge in [0.2, 0.25) is 5.91 Å². The molecule has 5 heteroatoms. The first-order chi connectivity index (χ1) is 14.3. The number of hydrogen-bond acceptors (Lipinski definition) is 4. The molecular formula is C24H18N2O2S. The molecule has 0 aliphatic rings. The lowest BCUT2D eigenvalue weighted by Crippen LogP contribution is -2.31. The number of para-hydroxylation sites is 1. The highest BCUT2D eigenvalue weighted by Crippen LogP contribution is 2.30. The Bertz CT molecular complexity index is 1250. The summed E-state index contributed by atoms with van der Waals surface area (Å²) in [5.41, 5.74) is 1.91. The second-order valence-corrected chi connectivity index (χ2v) is 7.85. The van der Waals surface area contributed by atoms with E-state index in [4.69, 9.17) is 9.40 Å². The molecule has 0 atom stereocenters. The predicted molar refractivity (Wildman–Crippen MR) is 117 cm³/mol. The maximum atomic E-state index is 13.4. The summed E-state index contributed by atoms with van der Waals surface area (Å²) >= 11 is 1.52. The lowest BCUT2D eigenvalue weighted by atomic mass is 10.0. The predicted octanol–water partition coefficient (Wildman–Crippen LogP) is 5.82. The molecule has 4 nitrogen and oxygen atoms in total. The molecule has 0 bridgehead atoms. The Morgan fingerprint density at radius 3 is 2.62 bits per heavy atom. The van der Waals surface area contributed by atoms with Crippen LogP contribution in [0.4, 0.5) is 5.13 Å². The van der Waals surface area contributed by atoms with Crippen molar-refractivity contribution < 1.29 is 9.21 Å². The minimum atomic E-state index is -0.00295. The van der Waals surface area contributed by atoms with E-state index >= 15 is 0 Å². The van der Waals surface area contributed by atoms with Gasteiger partial charge in [-0.25, -0.2) is 4.98 Å². The Balaban J connectivity index is 1.52. The quantitative estimate of drug-likeness (QED) is 0.375. The van der Waals surface area contributed by atoms with E-state index in [1.165, 1.54) is 11.3 Å². The first-order valence-electron chi connectivity index (χ1n) is 9.43. The highest BCUT2D eigenvalue weighted by molar-refractivity contribution is 7.22. The van der Waals surface area contributed by atoms with Gasteiger partial charge in [0.1, 0.15) is 5.76 Å². The number of fused-ring (bicyclic) bond motifs is 2. The Morgan fingerprint density at radius 2 is 1.76 bits per heavy atom. The third kappa shape index (κ3) is 3.52. The van der Waals surface area contributed by atoms with E-state index in [9.17, 15) is 4.79 Å². The number of hydrogen-bond donors (Lipinski definition) is 0. The summed E-state index contributed by atoms with van der Waals surface area (Å²) in [6.45, 7) is 0.358. The average Bonchev–Trinajstić information content (AvgIpc) is 3.41. The minimum absolute atomic E-state index is 0.00295. The summed E-state index contributed by atoms with van der Waals surface area (Å²) in [7, 11) is 0. The average molecular weight is 398 g/mol. The van der Waals surface area contributed by atoms with Gasteiger partial charge in [-0.1, -0.05) is 65.9 Å². The number of thiazole rings is 1. The van der Waals surface area contributed by atoms with Gasteiger partial charge in [-0.05, 0) is 40.6 Å². The lowest BCUT2D eigenvalue weighted by molar-refractivity contribution is -0.118. The fraction of sp³-hybridized carbons (Fsp3) is 0.0833. The van der Waals surface area contributed by atoms with Gasteiger partial charge in [0.15, 0.2) is 5.13 Å². The highest BCUT2D eigenvalue weighted by atomic mass is 32.1. The van der Waals surface area contributed by atoms with Crippen molar-refractivity contribution in [3.63, 3.8) is 0 Å². The maximum Gasteiger partial charge on any atom is 0.233 e. The third-order valence-corrected chi connectivity index (χ3v) is 5.99. The molecule has 1 amide bonds. The van der Waals surface area contributed by atoms with Gasteiger partial charge in [-0.2, -0.15) is 0 Å². The zero-order valence-electron chi connectivity index (χ0n) is 15.6. The number of benzene rings is 3. The van der Waals surface area contributed by atoms with Gasteiger partial charge in [-0.15, -0.1) is 0 Å². The molecule has 0 saturated heterocycles. The molecule has 3 aromatic carbocycles. The summed E-state index contributed by atoms with van der Waals surface area (Å²) < 4.78 is 6.57. The molecular weight excluding hydrogens is 380 g/mol. The summed E-state index contributed by atoms with van der Waals surface area (Å²) in [6.07, 6.45) is 1.93. The van der Waals surface area contributed by atoms with Crippen LogP contribution in [0, 0.1) is 0 Å². The normalized spacial score (nSPS) is 11.2. The van der Waals surface area contributed by atoms with E-state index < -0.39 is 0 Å². The van der Waals surface area contributed by atoms with E-state index in [1.54, 1.807) is 11.2 Å². The first-order valence-corrected chi connectivity index (χ1v) is 10.2. The summed E-state index contributed by atoms with van der Waals surface area (Å²) in [5.74, 6) is 0.729. The maximum absolute atomic E-state index is 13.4. The number of anilines is 1. The number of furan rings is 1. The fourth-order valence-electron chi connectivity index (χ4n) is 3.50. The van der Waals surface area contributed by atoms with Crippen LogP contribution in [0.3, 0.4) is 0 Å². The van der Waals surface area contributed by atoms with Crippen LogP contribution in [0.1, 0.15) is 11.3 Å². The van der Waals surface area contributed by atoms with Crippen molar-refractivity contribution >= 4 is 43.4 Å². The van der Waals surface area contributed by atoms with Gasteiger partial charge < -0.3 is 4.42 Å². The minimum Gasteiger partial charge on any atom is -0.467 e. The zero-order chi connectivity index (χ0) is 19.6. The van der Waals surface area contributed by atoms with E-state index in [1.807, 2.05) is 60.7 Å². The number of carbonyl (C=O) groups is 1. The Morgan fingerprint density at radius 1 is 0.931 bits per heavy atom. The van der Waals surface area contributed by atoms with Crippen LogP contribution in [0.15, 0.2) is 89.5 Å². The van der Waals surface area contributed by atoms with Crippen molar-refractivity contribution in [3.05, 3.63) is 96.4 Å². The van der Waals surface area contributed by atoms with Gasteiger partial charge in [0.05, 0.1) is 29.4 Å². The topological polar surface area (TPSA) is 46.3 Å². The van der Waals surface area contributed by atoms with Gasteiger partial charge >= 0.3 is 0 Å². The van der Waals surface area contributed by atoms with Crippen LogP contribution >= 0.6 is 11.3 Å². The van der Waals surface area contributed by atoms with Crippen LogP contribution in [0.5, 0.6) is 0 Å². The largest absolute Gasteiger partial charge is 0.467 e.